The van der Waals surface area contributed by atoms with Crippen molar-refractivity contribution in [3.63, 3.8) is 0 Å². The Morgan fingerprint density at radius 3 is 2.42 bits per heavy atom. The van der Waals surface area contributed by atoms with Crippen molar-refractivity contribution in [2.45, 2.75) is 45.6 Å². The molecule has 2 aromatic carbocycles. The lowest BCUT2D eigenvalue weighted by Gasteiger charge is -2.38. The number of anilines is 1. The first-order valence-corrected chi connectivity index (χ1v) is 13.0. The van der Waals surface area contributed by atoms with Crippen LogP contribution in [-0.4, -0.2) is 47.0 Å². The molecule has 6 rings (SSSR count). The molecule has 40 heavy (non-hydrogen) atoms. The minimum atomic E-state index is -1.16. The van der Waals surface area contributed by atoms with E-state index in [2.05, 4.69) is 30.6 Å². The number of allylic oxidation sites excluding steroid dienone is 1. The second-order valence-corrected chi connectivity index (χ2v) is 10.7. The number of rotatable bonds is 6. The van der Waals surface area contributed by atoms with Gasteiger partial charge in [-0.05, 0) is 68.1 Å². The number of nitrogens with zero attached hydrogens (tertiary/aromatic N) is 3. The highest BCUT2D eigenvalue weighted by molar-refractivity contribution is 6.25. The first-order chi connectivity index (χ1) is 19.2. The standard InChI is InChI=1S/C29H27F2N5O4/c1-14-12-32-15(2)21(14)17-4-6-18(7-5-17)33-28(38)25(34-27(37)24-16(3)35-40-36-24)22-19-8-9-20(30)23(31)26(19)39-13-29(22)10-11-29/h4-9,22,25H,10-13H2,1-3H3,(H,33,38)(H,34,37)/t22?,25-/m0/s1. The zero-order chi connectivity index (χ0) is 28.2. The highest BCUT2D eigenvalue weighted by atomic mass is 19.2. The quantitative estimate of drug-likeness (QED) is 0.466. The number of halogens is 2. The van der Waals surface area contributed by atoms with Crippen LogP contribution in [0.25, 0.3) is 5.57 Å². The molecular formula is C29H27F2N5O4. The van der Waals surface area contributed by atoms with E-state index in [0.29, 0.717) is 30.6 Å². The van der Waals surface area contributed by atoms with Gasteiger partial charge in [0.25, 0.3) is 5.91 Å². The van der Waals surface area contributed by atoms with Crippen LogP contribution in [0, 0.1) is 24.0 Å². The Bertz CT molecular complexity index is 1590. The molecule has 1 unspecified atom stereocenters. The summed E-state index contributed by atoms with van der Waals surface area (Å²) in [6.45, 7) is 6.33. The van der Waals surface area contributed by atoms with Gasteiger partial charge >= 0.3 is 0 Å². The van der Waals surface area contributed by atoms with Crippen LogP contribution in [0.1, 0.15) is 59.9 Å². The molecule has 1 spiro atoms. The summed E-state index contributed by atoms with van der Waals surface area (Å²) in [6, 6.07) is 8.64. The molecule has 0 radical (unpaired) electrons. The Kier molecular flexibility index (Phi) is 6.24. The van der Waals surface area contributed by atoms with Crippen LogP contribution in [0.3, 0.4) is 0 Å². The number of aromatic nitrogens is 2. The SMILES string of the molecule is CC1=NCC(C)=C1c1ccc(NC(=O)[C@@H](NC(=O)c2nonc2C)C2c3ccc(F)c(F)c3OCC23CC3)cc1. The van der Waals surface area contributed by atoms with E-state index in [1.807, 2.05) is 26.0 Å². The first-order valence-electron chi connectivity index (χ1n) is 13.0. The molecule has 3 aliphatic rings. The summed E-state index contributed by atoms with van der Waals surface area (Å²) < 4.78 is 39.2. The van der Waals surface area contributed by atoms with Gasteiger partial charge in [0.1, 0.15) is 11.7 Å². The van der Waals surface area contributed by atoms with Crippen molar-refractivity contribution >= 4 is 28.8 Å². The van der Waals surface area contributed by atoms with Crippen molar-refractivity contribution in [3.8, 4) is 5.75 Å². The molecule has 1 aliphatic carbocycles. The average molecular weight is 548 g/mol. The van der Waals surface area contributed by atoms with Crippen molar-refractivity contribution in [1.29, 1.82) is 0 Å². The molecule has 1 saturated carbocycles. The van der Waals surface area contributed by atoms with Crippen molar-refractivity contribution in [2.75, 3.05) is 18.5 Å². The smallest absolute Gasteiger partial charge is 0.276 e. The lowest BCUT2D eigenvalue weighted by Crippen LogP contribution is -2.52. The summed E-state index contributed by atoms with van der Waals surface area (Å²) in [6.07, 6.45) is 1.40. The van der Waals surface area contributed by atoms with Gasteiger partial charge in [-0.1, -0.05) is 23.4 Å². The fraction of sp³-hybridized carbons (Fsp3) is 0.345. The normalized spacial score (nSPS) is 19.5. The average Bonchev–Trinajstić information content (AvgIpc) is 3.43. The van der Waals surface area contributed by atoms with E-state index in [1.165, 1.54) is 11.6 Å². The number of ether oxygens (including phenoxy) is 1. The summed E-state index contributed by atoms with van der Waals surface area (Å²) in [4.78, 5) is 31.6. The predicted molar refractivity (Wildman–Crippen MR) is 142 cm³/mol. The van der Waals surface area contributed by atoms with Crippen LogP contribution in [-0.2, 0) is 4.79 Å². The number of carbonyl (C=O) groups excluding carboxylic acids is 2. The van der Waals surface area contributed by atoms with Crippen LogP contribution >= 0.6 is 0 Å². The number of aliphatic imine (C=N–C) groups is 1. The topological polar surface area (TPSA) is 119 Å². The van der Waals surface area contributed by atoms with Gasteiger partial charge in [-0.3, -0.25) is 14.6 Å². The third-order valence-corrected chi connectivity index (χ3v) is 8.02. The molecule has 1 fully saturated rings. The lowest BCUT2D eigenvalue weighted by atomic mass is 9.75. The van der Waals surface area contributed by atoms with Gasteiger partial charge in [-0.25, -0.2) is 9.02 Å². The largest absolute Gasteiger partial charge is 0.489 e. The van der Waals surface area contributed by atoms with Gasteiger partial charge in [-0.15, -0.1) is 0 Å². The van der Waals surface area contributed by atoms with Crippen molar-refractivity contribution in [3.05, 3.63) is 76.1 Å². The molecule has 206 valence electrons. The monoisotopic (exact) mass is 547 g/mol. The van der Waals surface area contributed by atoms with Crippen molar-refractivity contribution in [1.82, 2.24) is 15.6 Å². The molecule has 0 saturated heterocycles. The van der Waals surface area contributed by atoms with Gasteiger partial charge in [-0.2, -0.15) is 4.39 Å². The fourth-order valence-corrected chi connectivity index (χ4v) is 5.77. The van der Waals surface area contributed by atoms with E-state index in [4.69, 9.17) is 4.74 Å². The molecule has 2 amide bonds. The molecule has 2 atom stereocenters. The van der Waals surface area contributed by atoms with E-state index in [1.54, 1.807) is 19.1 Å². The minimum absolute atomic E-state index is 0.0678. The zero-order valence-corrected chi connectivity index (χ0v) is 22.2. The molecule has 0 bridgehead atoms. The van der Waals surface area contributed by atoms with Gasteiger partial charge in [0.15, 0.2) is 17.3 Å². The van der Waals surface area contributed by atoms with E-state index >= 15 is 0 Å². The molecule has 3 heterocycles. The molecule has 3 aromatic rings. The number of hydrogen-bond donors (Lipinski definition) is 2. The molecular weight excluding hydrogens is 520 g/mol. The molecule has 11 heteroatoms. The number of aryl methyl sites for hydroxylation is 1. The lowest BCUT2D eigenvalue weighted by molar-refractivity contribution is -0.119. The van der Waals surface area contributed by atoms with Crippen LogP contribution in [0.5, 0.6) is 5.75 Å². The third kappa shape index (κ3) is 4.35. The Morgan fingerprint density at radius 2 is 1.80 bits per heavy atom. The van der Waals surface area contributed by atoms with E-state index in [9.17, 15) is 18.4 Å². The van der Waals surface area contributed by atoms with Crippen LogP contribution in [0.2, 0.25) is 0 Å². The molecule has 2 N–H and O–H groups in total. The Labute approximate surface area is 228 Å². The highest BCUT2D eigenvalue weighted by Crippen LogP contribution is 2.61. The number of benzene rings is 2. The van der Waals surface area contributed by atoms with Gasteiger partial charge in [0, 0.05) is 33.9 Å². The first kappa shape index (κ1) is 25.8. The van der Waals surface area contributed by atoms with Gasteiger partial charge in [0.05, 0.1) is 13.2 Å². The highest BCUT2D eigenvalue weighted by Gasteiger charge is 2.58. The second kappa shape index (κ2) is 9.65. The minimum Gasteiger partial charge on any atom is -0.489 e. The van der Waals surface area contributed by atoms with Gasteiger partial charge < -0.3 is 15.4 Å². The Balaban J connectivity index is 1.34. The van der Waals surface area contributed by atoms with Crippen molar-refractivity contribution < 1.29 is 27.7 Å². The van der Waals surface area contributed by atoms with Crippen LogP contribution < -0.4 is 15.4 Å². The van der Waals surface area contributed by atoms with E-state index in [0.717, 1.165) is 22.9 Å². The Morgan fingerprint density at radius 1 is 1.05 bits per heavy atom. The fourth-order valence-electron chi connectivity index (χ4n) is 5.77. The van der Waals surface area contributed by atoms with Crippen molar-refractivity contribution in [2.24, 2.45) is 10.4 Å². The number of fused-ring (bicyclic) bond motifs is 1. The zero-order valence-electron chi connectivity index (χ0n) is 22.2. The van der Waals surface area contributed by atoms with Gasteiger partial charge in [0.2, 0.25) is 11.7 Å². The Hall–Kier alpha value is -4.41. The summed E-state index contributed by atoms with van der Waals surface area (Å²) >= 11 is 0. The summed E-state index contributed by atoms with van der Waals surface area (Å²) in [7, 11) is 0. The summed E-state index contributed by atoms with van der Waals surface area (Å²) in [5, 5.41) is 13.0. The van der Waals surface area contributed by atoms with E-state index in [-0.39, 0.29) is 23.7 Å². The van der Waals surface area contributed by atoms with Crippen LogP contribution in [0.15, 0.2) is 51.6 Å². The number of carbonyl (C=O) groups is 2. The van der Waals surface area contributed by atoms with E-state index < -0.39 is 40.8 Å². The molecule has 1 aromatic heterocycles. The maximum atomic E-state index is 14.8. The predicted octanol–water partition coefficient (Wildman–Crippen LogP) is 4.60. The second-order valence-electron chi connectivity index (χ2n) is 10.7. The van der Waals surface area contributed by atoms with Crippen LogP contribution in [0.4, 0.5) is 14.5 Å². The summed E-state index contributed by atoms with van der Waals surface area (Å²) in [5.74, 6) is -4.27. The number of nitrogens with one attached hydrogen (secondary N) is 2. The maximum Gasteiger partial charge on any atom is 0.276 e. The number of hydrogen-bond acceptors (Lipinski definition) is 7. The summed E-state index contributed by atoms with van der Waals surface area (Å²) in [5.41, 5.74) is 4.72. The number of amides is 2. The molecule has 9 nitrogen and oxygen atoms in total. The maximum absolute atomic E-state index is 14.8. The third-order valence-electron chi connectivity index (χ3n) is 8.02. The molecule has 2 aliphatic heterocycles.